The third-order valence-electron chi connectivity index (χ3n) is 0.869. The van der Waals surface area contributed by atoms with Gasteiger partial charge in [-0.25, -0.2) is 0 Å². The number of nitrogens with two attached hydrogens (primary N) is 1. The molecule has 4 N–H and O–H groups in total. The molecule has 4 nitrogen and oxygen atoms in total. The number of nitrogens with one attached hydrogen (secondary N) is 2. The molecule has 0 aliphatic carbocycles. The van der Waals surface area contributed by atoms with E-state index in [9.17, 15) is 0 Å². The first kappa shape index (κ1) is 9.23. The average Bonchev–Trinajstić information content (AvgIpc) is 1.79. The van der Waals surface area contributed by atoms with E-state index in [1.807, 2.05) is 13.8 Å². The van der Waals surface area contributed by atoms with E-state index >= 15 is 0 Å². The molecule has 60 valence electrons. The molecule has 0 radical (unpaired) electrons. The molecule has 0 saturated heterocycles. The van der Waals surface area contributed by atoms with Crippen LogP contribution in [0.1, 0.15) is 13.8 Å². The van der Waals surface area contributed by atoms with Crippen molar-refractivity contribution < 1.29 is 4.74 Å². The van der Waals surface area contributed by atoms with Gasteiger partial charge < -0.3 is 15.8 Å². The Bertz CT molecular complexity index is 103. The van der Waals surface area contributed by atoms with Crippen LogP contribution in [0.4, 0.5) is 0 Å². The highest BCUT2D eigenvalue weighted by Gasteiger charge is 1.91. The van der Waals surface area contributed by atoms with Crippen molar-refractivity contribution in [3.63, 3.8) is 0 Å². The summed E-state index contributed by atoms with van der Waals surface area (Å²) < 4.78 is 5.18. The highest BCUT2D eigenvalue weighted by molar-refractivity contribution is 5.74. The first-order valence-electron chi connectivity index (χ1n) is 3.32. The van der Waals surface area contributed by atoms with Crippen LogP contribution in [0.5, 0.6) is 0 Å². The highest BCUT2D eigenvalue weighted by atomic mass is 16.5. The van der Waals surface area contributed by atoms with Crippen LogP contribution in [0.2, 0.25) is 0 Å². The molecule has 0 aromatic carbocycles. The molecular weight excluding hydrogens is 130 g/mol. The monoisotopic (exact) mass is 145 g/mol. The van der Waals surface area contributed by atoms with E-state index in [1.165, 1.54) is 0 Å². The largest absolute Gasteiger partial charge is 0.377 e. The Morgan fingerprint density at radius 2 is 2.30 bits per heavy atom. The fraction of sp³-hybridized carbons (Fsp3) is 0.833. The molecule has 4 heteroatoms. The fourth-order valence-corrected chi connectivity index (χ4v) is 0.480. The lowest BCUT2D eigenvalue weighted by Gasteiger charge is -2.07. The zero-order valence-corrected chi connectivity index (χ0v) is 6.48. The molecule has 0 saturated carbocycles. The zero-order chi connectivity index (χ0) is 7.98. The van der Waals surface area contributed by atoms with E-state index in [0.29, 0.717) is 13.2 Å². The van der Waals surface area contributed by atoms with Crippen LogP contribution in [-0.2, 0) is 4.74 Å². The van der Waals surface area contributed by atoms with Gasteiger partial charge in [0.2, 0.25) is 0 Å². The van der Waals surface area contributed by atoms with Crippen molar-refractivity contribution in [3.8, 4) is 0 Å². The Morgan fingerprint density at radius 3 is 2.70 bits per heavy atom. The van der Waals surface area contributed by atoms with E-state index in [-0.39, 0.29) is 12.1 Å². The van der Waals surface area contributed by atoms with Crippen molar-refractivity contribution >= 4 is 5.96 Å². The van der Waals surface area contributed by atoms with Gasteiger partial charge in [0.1, 0.15) is 0 Å². The van der Waals surface area contributed by atoms with Gasteiger partial charge >= 0.3 is 0 Å². The molecule has 0 aromatic rings. The summed E-state index contributed by atoms with van der Waals surface area (Å²) in [5, 5.41) is 9.43. The smallest absolute Gasteiger partial charge is 0.185 e. The summed E-state index contributed by atoms with van der Waals surface area (Å²) in [4.78, 5) is 0. The van der Waals surface area contributed by atoms with Crippen molar-refractivity contribution in [2.24, 2.45) is 5.73 Å². The fourth-order valence-electron chi connectivity index (χ4n) is 0.480. The molecule has 0 amide bonds. The van der Waals surface area contributed by atoms with Crippen LogP contribution in [0.25, 0.3) is 0 Å². The van der Waals surface area contributed by atoms with E-state index in [1.54, 1.807) is 0 Å². The lowest BCUT2D eigenvalue weighted by Crippen LogP contribution is -2.33. The van der Waals surface area contributed by atoms with E-state index in [0.717, 1.165) is 0 Å². The summed E-state index contributed by atoms with van der Waals surface area (Å²) in [5.41, 5.74) is 5.03. The van der Waals surface area contributed by atoms with Crippen LogP contribution in [0.3, 0.4) is 0 Å². The van der Waals surface area contributed by atoms with Crippen molar-refractivity contribution in [1.82, 2.24) is 5.32 Å². The predicted molar refractivity (Wildman–Crippen MR) is 41.0 cm³/mol. The topological polar surface area (TPSA) is 71.1 Å². The molecular formula is C6H15N3O. The second kappa shape index (κ2) is 5.05. The van der Waals surface area contributed by atoms with Gasteiger partial charge in [-0.05, 0) is 13.8 Å². The molecule has 0 fully saturated rings. The molecule has 0 bridgehead atoms. The Morgan fingerprint density at radius 1 is 1.70 bits per heavy atom. The molecule has 0 atom stereocenters. The van der Waals surface area contributed by atoms with Gasteiger partial charge in [0.15, 0.2) is 5.96 Å². The molecule has 0 rings (SSSR count). The van der Waals surface area contributed by atoms with Crippen LogP contribution in [-0.4, -0.2) is 25.2 Å². The summed E-state index contributed by atoms with van der Waals surface area (Å²) in [5.74, 6) is -0.00708. The first-order valence-corrected chi connectivity index (χ1v) is 3.32. The second-order valence-corrected chi connectivity index (χ2v) is 2.26. The SMILES string of the molecule is CC(C)OCCNC(=N)N. The molecule has 0 heterocycles. The minimum atomic E-state index is -0.00708. The van der Waals surface area contributed by atoms with Gasteiger partial charge in [0.05, 0.1) is 12.7 Å². The minimum Gasteiger partial charge on any atom is -0.377 e. The summed E-state index contributed by atoms with van der Waals surface area (Å²) in [6.07, 6.45) is 0.244. The standard InChI is InChI=1S/C6H15N3O/c1-5(2)10-4-3-9-6(7)8/h5H,3-4H2,1-2H3,(H4,7,8,9). The van der Waals surface area contributed by atoms with Gasteiger partial charge in [0.25, 0.3) is 0 Å². The third-order valence-corrected chi connectivity index (χ3v) is 0.869. The van der Waals surface area contributed by atoms with E-state index in [4.69, 9.17) is 15.9 Å². The Kier molecular flexibility index (Phi) is 4.66. The Balaban J connectivity index is 2.98. The average molecular weight is 145 g/mol. The second-order valence-electron chi connectivity index (χ2n) is 2.26. The van der Waals surface area contributed by atoms with Crippen LogP contribution < -0.4 is 11.1 Å². The number of rotatable bonds is 4. The number of ether oxygens (including phenoxy) is 1. The van der Waals surface area contributed by atoms with Crippen LogP contribution >= 0.6 is 0 Å². The van der Waals surface area contributed by atoms with Crippen molar-refractivity contribution in [2.45, 2.75) is 20.0 Å². The third kappa shape index (κ3) is 7.23. The van der Waals surface area contributed by atoms with Gasteiger partial charge in [-0.3, -0.25) is 5.41 Å². The number of guanidine groups is 1. The van der Waals surface area contributed by atoms with Crippen LogP contribution in [0, 0.1) is 5.41 Å². The maximum Gasteiger partial charge on any atom is 0.185 e. The summed E-state index contributed by atoms with van der Waals surface area (Å²) in [6, 6.07) is 0. The lowest BCUT2D eigenvalue weighted by molar-refractivity contribution is 0.0830. The number of hydrogen-bond donors (Lipinski definition) is 3. The van der Waals surface area contributed by atoms with Gasteiger partial charge in [-0.1, -0.05) is 0 Å². The van der Waals surface area contributed by atoms with E-state index < -0.39 is 0 Å². The quantitative estimate of drug-likeness (QED) is 0.294. The molecule has 0 aromatic heterocycles. The number of hydrogen-bond acceptors (Lipinski definition) is 2. The molecule has 0 aliphatic heterocycles. The molecule has 0 unspecified atom stereocenters. The van der Waals surface area contributed by atoms with Gasteiger partial charge in [-0.2, -0.15) is 0 Å². The zero-order valence-electron chi connectivity index (χ0n) is 6.48. The Labute approximate surface area is 61.3 Å². The first-order chi connectivity index (χ1) is 4.63. The molecule has 0 aliphatic rings. The van der Waals surface area contributed by atoms with Crippen molar-refractivity contribution in [2.75, 3.05) is 13.2 Å². The lowest BCUT2D eigenvalue weighted by atomic mass is 10.5. The summed E-state index contributed by atoms with van der Waals surface area (Å²) in [6.45, 7) is 5.13. The normalized spacial score (nSPS) is 9.90. The molecule has 10 heavy (non-hydrogen) atoms. The predicted octanol–water partition coefficient (Wildman–Crippen LogP) is -0.106. The minimum absolute atomic E-state index is 0.00708. The van der Waals surface area contributed by atoms with Gasteiger partial charge in [0, 0.05) is 6.54 Å². The van der Waals surface area contributed by atoms with Gasteiger partial charge in [-0.15, -0.1) is 0 Å². The summed E-state index contributed by atoms with van der Waals surface area (Å²) >= 11 is 0. The highest BCUT2D eigenvalue weighted by Crippen LogP contribution is 1.84. The Hall–Kier alpha value is -0.770. The van der Waals surface area contributed by atoms with Crippen molar-refractivity contribution in [1.29, 1.82) is 5.41 Å². The van der Waals surface area contributed by atoms with Crippen LogP contribution in [0.15, 0.2) is 0 Å². The maximum atomic E-state index is 6.79. The van der Waals surface area contributed by atoms with Crippen molar-refractivity contribution in [3.05, 3.63) is 0 Å². The maximum absolute atomic E-state index is 6.79. The molecule has 0 spiro atoms. The van der Waals surface area contributed by atoms with E-state index in [2.05, 4.69) is 5.32 Å². The summed E-state index contributed by atoms with van der Waals surface area (Å²) in [7, 11) is 0.